The van der Waals surface area contributed by atoms with E-state index in [4.69, 9.17) is 4.74 Å². The van der Waals surface area contributed by atoms with Gasteiger partial charge < -0.3 is 9.84 Å². The van der Waals surface area contributed by atoms with Crippen LogP contribution in [-0.4, -0.2) is 66.9 Å². The average molecular weight is 543 g/mol. The number of ether oxygens (including phenoxy) is 1. The van der Waals surface area contributed by atoms with E-state index in [1.54, 1.807) is 6.07 Å². The van der Waals surface area contributed by atoms with Crippen molar-refractivity contribution in [2.45, 2.75) is 116 Å². The SMILES string of the molecule is CCCCCCCCCCCCCCCCOCC(O)CN1CCN(Cc2cccc(C(F)(F)F)c2)CC1. The van der Waals surface area contributed by atoms with E-state index in [1.807, 2.05) is 0 Å². The van der Waals surface area contributed by atoms with Gasteiger partial charge in [-0.15, -0.1) is 0 Å². The summed E-state index contributed by atoms with van der Waals surface area (Å²) in [6, 6.07) is 5.58. The lowest BCUT2D eigenvalue weighted by Gasteiger charge is -2.35. The first-order chi connectivity index (χ1) is 18.4. The summed E-state index contributed by atoms with van der Waals surface area (Å²) in [5.41, 5.74) is 0.0936. The molecule has 1 unspecified atom stereocenters. The number of β-amino-alcohol motifs (C(OH)–C–C–N with tert-alkyl or cyclic N) is 1. The highest BCUT2D eigenvalue weighted by Gasteiger charge is 2.30. The highest BCUT2D eigenvalue weighted by molar-refractivity contribution is 5.25. The Kier molecular flexibility index (Phi) is 17.3. The van der Waals surface area contributed by atoms with Crippen molar-refractivity contribution in [3.63, 3.8) is 0 Å². The van der Waals surface area contributed by atoms with Crippen molar-refractivity contribution in [3.8, 4) is 0 Å². The summed E-state index contributed by atoms with van der Waals surface area (Å²) in [5, 5.41) is 10.3. The van der Waals surface area contributed by atoms with Crippen LogP contribution >= 0.6 is 0 Å². The number of hydrogen-bond donors (Lipinski definition) is 1. The van der Waals surface area contributed by atoms with Crippen molar-refractivity contribution in [2.75, 3.05) is 45.9 Å². The van der Waals surface area contributed by atoms with Crippen molar-refractivity contribution in [3.05, 3.63) is 35.4 Å². The summed E-state index contributed by atoms with van der Waals surface area (Å²) in [5.74, 6) is 0. The zero-order valence-electron chi connectivity index (χ0n) is 23.8. The highest BCUT2D eigenvalue weighted by Crippen LogP contribution is 2.29. The first-order valence-corrected chi connectivity index (χ1v) is 15.2. The van der Waals surface area contributed by atoms with Gasteiger partial charge >= 0.3 is 6.18 Å². The van der Waals surface area contributed by atoms with Crippen LogP contribution in [-0.2, 0) is 17.5 Å². The molecule has 1 heterocycles. The van der Waals surface area contributed by atoms with Crippen LogP contribution in [0.5, 0.6) is 0 Å². The van der Waals surface area contributed by atoms with E-state index >= 15 is 0 Å². The van der Waals surface area contributed by atoms with Gasteiger partial charge in [0, 0.05) is 45.9 Å². The van der Waals surface area contributed by atoms with Gasteiger partial charge in [-0.25, -0.2) is 0 Å². The molecule has 0 amide bonds. The zero-order valence-corrected chi connectivity index (χ0v) is 23.8. The molecule has 0 spiro atoms. The Bertz CT molecular complexity index is 709. The van der Waals surface area contributed by atoms with Crippen LogP contribution in [0.15, 0.2) is 24.3 Å². The lowest BCUT2D eigenvalue weighted by molar-refractivity contribution is -0.137. The quantitative estimate of drug-likeness (QED) is 0.162. The van der Waals surface area contributed by atoms with Crippen LogP contribution in [0.3, 0.4) is 0 Å². The maximum absolute atomic E-state index is 12.9. The van der Waals surface area contributed by atoms with Crippen LogP contribution in [0.2, 0.25) is 0 Å². The van der Waals surface area contributed by atoms with Crippen LogP contribution in [0.1, 0.15) is 108 Å². The molecule has 1 N–H and O–H groups in total. The fraction of sp³-hybridized carbons (Fsp3) is 0.806. The minimum Gasteiger partial charge on any atom is -0.389 e. The third-order valence-electron chi connectivity index (χ3n) is 7.55. The summed E-state index contributed by atoms with van der Waals surface area (Å²) in [4.78, 5) is 4.38. The Balaban J connectivity index is 1.40. The number of rotatable bonds is 21. The van der Waals surface area contributed by atoms with E-state index in [1.165, 1.54) is 95.6 Å². The van der Waals surface area contributed by atoms with E-state index < -0.39 is 17.8 Å². The number of benzene rings is 1. The number of aliphatic hydroxyl groups excluding tert-OH is 1. The van der Waals surface area contributed by atoms with Gasteiger partial charge in [-0.3, -0.25) is 9.80 Å². The highest BCUT2D eigenvalue weighted by atomic mass is 19.4. The molecule has 0 saturated carbocycles. The van der Waals surface area contributed by atoms with E-state index in [2.05, 4.69) is 16.7 Å². The summed E-state index contributed by atoms with van der Waals surface area (Å²) in [7, 11) is 0. The molecular formula is C31H53F3N2O2. The lowest BCUT2D eigenvalue weighted by atomic mass is 10.0. The molecule has 0 aliphatic carbocycles. The summed E-state index contributed by atoms with van der Waals surface area (Å²) in [6.07, 6.45) is 13.9. The molecule has 1 aliphatic heterocycles. The second kappa shape index (κ2) is 19.8. The fourth-order valence-corrected chi connectivity index (χ4v) is 5.20. The number of alkyl halides is 3. The second-order valence-corrected chi connectivity index (χ2v) is 11.1. The molecule has 1 aromatic rings. The van der Waals surface area contributed by atoms with E-state index in [-0.39, 0.29) is 0 Å². The molecule has 38 heavy (non-hydrogen) atoms. The Morgan fingerprint density at radius 1 is 0.789 bits per heavy atom. The molecule has 1 atom stereocenters. The monoisotopic (exact) mass is 542 g/mol. The third kappa shape index (κ3) is 15.4. The summed E-state index contributed by atoms with van der Waals surface area (Å²) in [6.45, 7) is 7.60. The minimum absolute atomic E-state index is 0.364. The largest absolute Gasteiger partial charge is 0.416 e. The van der Waals surface area contributed by atoms with E-state index in [9.17, 15) is 18.3 Å². The Morgan fingerprint density at radius 2 is 1.32 bits per heavy atom. The number of unbranched alkanes of at least 4 members (excludes halogenated alkanes) is 13. The molecule has 1 saturated heterocycles. The van der Waals surface area contributed by atoms with E-state index in [0.717, 1.165) is 38.7 Å². The molecule has 0 aromatic heterocycles. The van der Waals surface area contributed by atoms with Gasteiger partial charge in [-0.2, -0.15) is 13.2 Å². The van der Waals surface area contributed by atoms with Crippen molar-refractivity contribution < 1.29 is 23.0 Å². The molecule has 4 nitrogen and oxygen atoms in total. The number of halogens is 3. The first-order valence-electron chi connectivity index (χ1n) is 15.2. The van der Waals surface area contributed by atoms with Crippen molar-refractivity contribution in [1.82, 2.24) is 9.80 Å². The van der Waals surface area contributed by atoms with Crippen LogP contribution < -0.4 is 0 Å². The average Bonchev–Trinajstić information content (AvgIpc) is 2.89. The predicted molar refractivity (Wildman–Crippen MR) is 150 cm³/mol. The minimum atomic E-state index is -4.31. The van der Waals surface area contributed by atoms with Crippen molar-refractivity contribution in [1.29, 1.82) is 0 Å². The molecule has 2 rings (SSSR count). The smallest absolute Gasteiger partial charge is 0.389 e. The lowest BCUT2D eigenvalue weighted by Crippen LogP contribution is -2.48. The van der Waals surface area contributed by atoms with E-state index in [0.29, 0.717) is 31.9 Å². The third-order valence-corrected chi connectivity index (χ3v) is 7.55. The van der Waals surface area contributed by atoms with Gasteiger partial charge in [-0.1, -0.05) is 109 Å². The molecule has 220 valence electrons. The first kappa shape index (κ1) is 33.1. The number of aliphatic hydroxyl groups is 1. The van der Waals surface area contributed by atoms with Crippen LogP contribution in [0, 0.1) is 0 Å². The van der Waals surface area contributed by atoms with Crippen molar-refractivity contribution in [2.24, 2.45) is 0 Å². The predicted octanol–water partition coefficient (Wildman–Crippen LogP) is 7.68. The molecule has 0 bridgehead atoms. The molecule has 1 aromatic carbocycles. The summed E-state index contributed by atoms with van der Waals surface area (Å²) < 4.78 is 44.5. The van der Waals surface area contributed by atoms with Crippen LogP contribution in [0.4, 0.5) is 13.2 Å². The summed E-state index contributed by atoms with van der Waals surface area (Å²) >= 11 is 0. The molecule has 0 radical (unpaired) electrons. The standard InChI is InChI=1S/C31H53F3N2O2/c1-2-3-4-5-6-7-8-9-10-11-12-13-14-15-23-38-27-30(37)26-36-21-19-35(20-22-36)25-28-17-16-18-29(24-28)31(32,33)34/h16-18,24,30,37H,2-15,19-23,25-27H2,1H3. The molecule has 7 heteroatoms. The number of piperazine rings is 1. The molecule has 1 fully saturated rings. The fourth-order valence-electron chi connectivity index (χ4n) is 5.20. The topological polar surface area (TPSA) is 35.9 Å². The normalized spacial score (nSPS) is 16.2. The molecule has 1 aliphatic rings. The molecular weight excluding hydrogens is 489 g/mol. The van der Waals surface area contributed by atoms with Gasteiger partial charge in [0.2, 0.25) is 0 Å². The number of nitrogens with zero attached hydrogens (tertiary/aromatic N) is 2. The Hall–Kier alpha value is -1.15. The second-order valence-electron chi connectivity index (χ2n) is 11.1. The maximum atomic E-state index is 12.9. The Labute approximate surface area is 229 Å². The Morgan fingerprint density at radius 3 is 1.87 bits per heavy atom. The van der Waals surface area contributed by atoms with Gasteiger partial charge in [0.15, 0.2) is 0 Å². The van der Waals surface area contributed by atoms with Gasteiger partial charge in [0.1, 0.15) is 0 Å². The van der Waals surface area contributed by atoms with Gasteiger partial charge in [0.05, 0.1) is 18.3 Å². The maximum Gasteiger partial charge on any atom is 0.416 e. The van der Waals surface area contributed by atoms with Gasteiger partial charge in [0.25, 0.3) is 0 Å². The van der Waals surface area contributed by atoms with Gasteiger partial charge in [-0.05, 0) is 18.1 Å². The van der Waals surface area contributed by atoms with Crippen LogP contribution in [0.25, 0.3) is 0 Å². The number of hydrogen-bond acceptors (Lipinski definition) is 4. The van der Waals surface area contributed by atoms with Crippen molar-refractivity contribution >= 4 is 0 Å². The zero-order chi connectivity index (χ0) is 27.5.